The van der Waals surface area contributed by atoms with Crippen molar-refractivity contribution in [1.29, 1.82) is 0 Å². The predicted octanol–water partition coefficient (Wildman–Crippen LogP) is 1.96. The Morgan fingerprint density at radius 3 is 2.90 bits per heavy atom. The van der Waals surface area contributed by atoms with Crippen molar-refractivity contribution in [2.24, 2.45) is 0 Å². The first-order valence-electron chi connectivity index (χ1n) is 7.14. The number of aliphatic hydroxyl groups excluding tert-OH is 1. The summed E-state index contributed by atoms with van der Waals surface area (Å²) in [4.78, 5) is 11.8. The van der Waals surface area contributed by atoms with Gasteiger partial charge in [0.25, 0.3) is 0 Å². The molecule has 20 heavy (non-hydrogen) atoms. The molecule has 0 spiro atoms. The third-order valence-electron chi connectivity index (χ3n) is 3.97. The maximum absolute atomic E-state index is 11.8. The highest BCUT2D eigenvalue weighted by atomic mass is 16.4. The van der Waals surface area contributed by atoms with Gasteiger partial charge in [0, 0.05) is 12.1 Å². The summed E-state index contributed by atoms with van der Waals surface area (Å²) in [7, 11) is 0. The number of nitrogens with zero attached hydrogens (tertiary/aromatic N) is 1. The fourth-order valence-electron chi connectivity index (χ4n) is 2.94. The van der Waals surface area contributed by atoms with Crippen LogP contribution in [-0.2, 0) is 0 Å². The topological polar surface area (TPSA) is 67.4 Å². The molecule has 1 aromatic heterocycles. The number of hydrogen-bond acceptors (Lipinski definition) is 4. The van der Waals surface area contributed by atoms with Crippen LogP contribution in [0.5, 0.6) is 0 Å². The van der Waals surface area contributed by atoms with Gasteiger partial charge in [0.05, 0.1) is 11.6 Å². The van der Waals surface area contributed by atoms with Crippen molar-refractivity contribution < 1.29 is 9.52 Å². The fraction of sp³-hybridized carbons (Fsp3) is 0.533. The molecule has 1 saturated heterocycles. The summed E-state index contributed by atoms with van der Waals surface area (Å²) >= 11 is 0. The molecule has 2 atom stereocenters. The molecular weight excluding hydrogens is 256 g/mol. The first-order valence-corrected chi connectivity index (χ1v) is 7.14. The Labute approximate surface area is 117 Å². The zero-order valence-electron chi connectivity index (χ0n) is 11.8. The minimum absolute atomic E-state index is 0.0519. The number of nitrogens with one attached hydrogen (secondary N) is 1. The molecule has 1 fully saturated rings. The van der Waals surface area contributed by atoms with Crippen LogP contribution in [0.25, 0.3) is 11.1 Å². The Bertz CT molecular complexity index is 665. The van der Waals surface area contributed by atoms with Crippen molar-refractivity contribution in [2.75, 3.05) is 6.54 Å². The number of hydrogen-bond donors (Lipinski definition) is 2. The molecule has 0 aliphatic carbocycles. The van der Waals surface area contributed by atoms with Gasteiger partial charge in [-0.1, -0.05) is 6.07 Å². The van der Waals surface area contributed by atoms with Gasteiger partial charge in [0.2, 0.25) is 0 Å². The van der Waals surface area contributed by atoms with Crippen molar-refractivity contribution in [1.82, 2.24) is 9.88 Å². The van der Waals surface area contributed by atoms with E-state index in [2.05, 4.69) is 5.32 Å². The van der Waals surface area contributed by atoms with Crippen LogP contribution >= 0.6 is 0 Å². The number of aromatic nitrogens is 1. The van der Waals surface area contributed by atoms with Crippen LogP contribution < -0.4 is 11.1 Å². The monoisotopic (exact) mass is 276 g/mol. The molecule has 5 heteroatoms. The highest BCUT2D eigenvalue weighted by Crippen LogP contribution is 2.26. The van der Waals surface area contributed by atoms with E-state index < -0.39 is 6.10 Å². The smallest absolute Gasteiger partial charge is 0.408 e. The number of aliphatic hydroxyl groups is 1. The highest BCUT2D eigenvalue weighted by molar-refractivity contribution is 5.74. The molecule has 2 N–H and O–H groups in total. The van der Waals surface area contributed by atoms with Crippen LogP contribution in [0.4, 0.5) is 0 Å². The Balaban J connectivity index is 2.01. The van der Waals surface area contributed by atoms with E-state index >= 15 is 0 Å². The van der Waals surface area contributed by atoms with Crippen LogP contribution in [0.15, 0.2) is 27.4 Å². The second-order valence-electron chi connectivity index (χ2n) is 5.71. The van der Waals surface area contributed by atoms with E-state index in [-0.39, 0.29) is 17.8 Å². The van der Waals surface area contributed by atoms with E-state index in [1.165, 1.54) is 0 Å². The van der Waals surface area contributed by atoms with Gasteiger partial charge in [-0.25, -0.2) is 4.79 Å². The van der Waals surface area contributed by atoms with Crippen LogP contribution in [0, 0.1) is 0 Å². The molecule has 0 amide bonds. The zero-order valence-corrected chi connectivity index (χ0v) is 11.8. The maximum Gasteiger partial charge on any atom is 0.420 e. The molecule has 0 radical (unpaired) electrons. The Morgan fingerprint density at radius 1 is 1.45 bits per heavy atom. The lowest BCUT2D eigenvalue weighted by atomic mass is 10.0. The van der Waals surface area contributed by atoms with Crippen LogP contribution in [-0.4, -0.2) is 22.3 Å². The molecule has 5 nitrogen and oxygen atoms in total. The Hall–Kier alpha value is -1.59. The molecule has 1 aromatic carbocycles. The summed E-state index contributed by atoms with van der Waals surface area (Å²) in [5, 5.41) is 13.7. The summed E-state index contributed by atoms with van der Waals surface area (Å²) in [6.45, 7) is 4.84. The molecule has 2 aromatic rings. The van der Waals surface area contributed by atoms with Crippen LogP contribution in [0.1, 0.15) is 44.4 Å². The highest BCUT2D eigenvalue weighted by Gasteiger charge is 2.24. The maximum atomic E-state index is 11.8. The van der Waals surface area contributed by atoms with E-state index in [1.807, 2.05) is 26.0 Å². The second kappa shape index (κ2) is 5.07. The predicted molar refractivity (Wildman–Crippen MR) is 76.8 cm³/mol. The molecule has 0 bridgehead atoms. The number of benzene rings is 1. The van der Waals surface area contributed by atoms with Gasteiger partial charge in [0.15, 0.2) is 5.58 Å². The molecule has 108 valence electrons. The van der Waals surface area contributed by atoms with Gasteiger partial charge >= 0.3 is 5.76 Å². The van der Waals surface area contributed by atoms with Gasteiger partial charge in [-0.3, -0.25) is 4.57 Å². The Morgan fingerprint density at radius 2 is 2.25 bits per heavy atom. The first-order chi connectivity index (χ1) is 9.58. The minimum Gasteiger partial charge on any atom is -0.408 e. The van der Waals surface area contributed by atoms with Crippen molar-refractivity contribution >= 4 is 11.1 Å². The van der Waals surface area contributed by atoms with Crippen molar-refractivity contribution in [3.63, 3.8) is 0 Å². The molecule has 2 unspecified atom stereocenters. The van der Waals surface area contributed by atoms with Crippen molar-refractivity contribution in [2.45, 2.75) is 44.9 Å². The molecule has 1 aliphatic rings. The van der Waals surface area contributed by atoms with Gasteiger partial charge in [0.1, 0.15) is 0 Å². The summed E-state index contributed by atoms with van der Waals surface area (Å²) < 4.78 is 6.91. The lowest BCUT2D eigenvalue weighted by molar-refractivity contribution is 0.137. The fourth-order valence-corrected chi connectivity index (χ4v) is 2.94. The molecule has 3 rings (SSSR count). The molecule has 0 saturated carbocycles. The number of rotatable bonds is 3. The van der Waals surface area contributed by atoms with E-state index in [1.54, 1.807) is 10.6 Å². The molecular formula is C15H20N2O3. The summed E-state index contributed by atoms with van der Waals surface area (Å²) in [6.07, 6.45) is 1.49. The largest absolute Gasteiger partial charge is 0.420 e. The number of fused-ring (bicyclic) bond motifs is 1. The molecule has 1 aliphatic heterocycles. The van der Waals surface area contributed by atoms with E-state index in [0.717, 1.165) is 30.5 Å². The second-order valence-corrected chi connectivity index (χ2v) is 5.71. The normalized spacial score (nSPS) is 20.9. The summed E-state index contributed by atoms with van der Waals surface area (Å²) in [6, 6.07) is 5.65. The lowest BCUT2D eigenvalue weighted by Crippen LogP contribution is -2.28. The third-order valence-corrected chi connectivity index (χ3v) is 3.97. The molecule has 2 heterocycles. The summed E-state index contributed by atoms with van der Waals surface area (Å²) in [5.74, 6) is -0.347. The standard InChI is InChI=1S/C15H20N2O3/c1-9(2)17-12-6-5-10(8-13(12)20-15(17)19)14(18)11-4-3-7-16-11/h5-6,8-9,11,14,16,18H,3-4,7H2,1-2H3. The average Bonchev–Trinajstić information content (AvgIpc) is 3.02. The van der Waals surface area contributed by atoms with E-state index in [4.69, 9.17) is 4.42 Å². The van der Waals surface area contributed by atoms with Crippen molar-refractivity contribution in [3.05, 3.63) is 34.3 Å². The van der Waals surface area contributed by atoms with Crippen LogP contribution in [0.2, 0.25) is 0 Å². The van der Waals surface area contributed by atoms with Gasteiger partial charge in [-0.2, -0.15) is 0 Å². The van der Waals surface area contributed by atoms with Gasteiger partial charge in [-0.15, -0.1) is 0 Å². The van der Waals surface area contributed by atoms with Gasteiger partial charge < -0.3 is 14.8 Å². The Kier molecular flexibility index (Phi) is 3.40. The van der Waals surface area contributed by atoms with E-state index in [9.17, 15) is 9.90 Å². The van der Waals surface area contributed by atoms with Crippen LogP contribution in [0.3, 0.4) is 0 Å². The van der Waals surface area contributed by atoms with Crippen molar-refractivity contribution in [3.8, 4) is 0 Å². The summed E-state index contributed by atoms with van der Waals surface area (Å²) in [5.41, 5.74) is 2.11. The first kappa shape index (κ1) is 13.4. The van der Waals surface area contributed by atoms with E-state index in [0.29, 0.717) is 5.58 Å². The SMILES string of the molecule is CC(C)n1c(=O)oc2cc(C(O)C3CCCN3)ccc21. The van der Waals surface area contributed by atoms with Gasteiger partial charge in [-0.05, 0) is 50.9 Å². The number of oxazole rings is 1. The third kappa shape index (κ3) is 2.17. The average molecular weight is 276 g/mol. The quantitative estimate of drug-likeness (QED) is 0.899. The minimum atomic E-state index is -0.561. The zero-order chi connectivity index (χ0) is 14.3. The lowest BCUT2D eigenvalue weighted by Gasteiger charge is -2.18.